The Labute approximate surface area is 198 Å². The molecule has 2 fully saturated rings. The van der Waals surface area contributed by atoms with Gasteiger partial charge in [-0.15, -0.1) is 11.3 Å². The number of aryl methyl sites for hydroxylation is 2. The first-order valence-electron chi connectivity index (χ1n) is 11.5. The number of nitrogens with zero attached hydrogens (tertiary/aromatic N) is 2. The number of fused-ring (bicyclic) bond motifs is 1. The van der Waals surface area contributed by atoms with Crippen LogP contribution in [0.2, 0.25) is 0 Å². The maximum atomic E-state index is 13.2. The smallest absolute Gasteiger partial charge is 0.265 e. The van der Waals surface area contributed by atoms with Crippen LogP contribution in [0.25, 0.3) is 0 Å². The van der Waals surface area contributed by atoms with Gasteiger partial charge in [-0.3, -0.25) is 4.79 Å². The van der Waals surface area contributed by atoms with Crippen molar-refractivity contribution in [2.24, 2.45) is 0 Å². The highest BCUT2D eigenvalue weighted by atomic mass is 32.2. The number of anilines is 2. The molecule has 0 atom stereocenters. The van der Waals surface area contributed by atoms with Crippen LogP contribution in [0.5, 0.6) is 0 Å². The monoisotopic (exact) mass is 491 g/mol. The number of rotatable bonds is 5. The molecule has 0 unspecified atom stereocenters. The Morgan fingerprint density at radius 1 is 0.939 bits per heavy atom. The van der Waals surface area contributed by atoms with Crippen molar-refractivity contribution in [1.82, 2.24) is 4.31 Å². The van der Waals surface area contributed by atoms with E-state index in [9.17, 15) is 13.2 Å². The summed E-state index contributed by atoms with van der Waals surface area (Å²) in [5.41, 5.74) is 2.60. The topological polar surface area (TPSA) is 88.2 Å². The Morgan fingerprint density at radius 3 is 2.36 bits per heavy atom. The molecule has 0 radical (unpaired) electrons. The number of hydrogen-bond donors (Lipinski definition) is 1. The van der Waals surface area contributed by atoms with Gasteiger partial charge in [0.25, 0.3) is 5.91 Å². The number of sulfonamides is 1. The summed E-state index contributed by atoms with van der Waals surface area (Å²) in [7, 11) is -3.67. The molecule has 10 heteroatoms. The molecule has 1 N–H and O–H groups in total. The standard InChI is InChI=1S/C23H29N3O5S2/c27-23(22-15-17-3-1-2-4-21(17)32-22)24-19-16-18(33(28,29)26-9-13-31-14-10-26)5-6-20(19)25-7-11-30-12-8-25/h5-6,15-16H,1-4,7-14H2,(H,24,27). The first kappa shape index (κ1) is 22.8. The lowest BCUT2D eigenvalue weighted by Crippen LogP contribution is -2.40. The second kappa shape index (κ2) is 9.71. The van der Waals surface area contributed by atoms with Crippen LogP contribution in [-0.4, -0.2) is 71.2 Å². The minimum atomic E-state index is -3.67. The van der Waals surface area contributed by atoms with Crippen molar-refractivity contribution in [3.63, 3.8) is 0 Å². The second-order valence-corrected chi connectivity index (χ2v) is 11.6. The number of carbonyl (C=O) groups is 1. The predicted octanol–water partition coefficient (Wildman–Crippen LogP) is 2.74. The zero-order valence-corrected chi connectivity index (χ0v) is 20.2. The minimum absolute atomic E-state index is 0.183. The van der Waals surface area contributed by atoms with Gasteiger partial charge in [-0.2, -0.15) is 4.31 Å². The summed E-state index contributed by atoms with van der Waals surface area (Å²) in [5.74, 6) is -0.190. The Kier molecular flexibility index (Phi) is 6.71. The quantitative estimate of drug-likeness (QED) is 0.692. The molecule has 5 rings (SSSR count). The Balaban J connectivity index is 1.46. The molecule has 2 aromatic rings. The minimum Gasteiger partial charge on any atom is -0.379 e. The van der Waals surface area contributed by atoms with Gasteiger partial charge in [0.2, 0.25) is 10.0 Å². The van der Waals surface area contributed by atoms with Crippen LogP contribution in [0.4, 0.5) is 11.4 Å². The molecule has 178 valence electrons. The van der Waals surface area contributed by atoms with E-state index < -0.39 is 10.0 Å². The van der Waals surface area contributed by atoms with Crippen LogP contribution in [-0.2, 0) is 32.3 Å². The van der Waals surface area contributed by atoms with E-state index in [4.69, 9.17) is 9.47 Å². The number of morpholine rings is 2. The van der Waals surface area contributed by atoms with E-state index in [2.05, 4.69) is 10.2 Å². The van der Waals surface area contributed by atoms with E-state index in [1.165, 1.54) is 14.7 Å². The van der Waals surface area contributed by atoms with Crippen molar-refractivity contribution < 1.29 is 22.7 Å². The molecule has 0 spiro atoms. The van der Waals surface area contributed by atoms with Gasteiger partial charge in [-0.05, 0) is 55.5 Å². The molecule has 1 aromatic carbocycles. The third-order valence-corrected chi connectivity index (χ3v) is 9.53. The van der Waals surface area contributed by atoms with E-state index in [1.807, 2.05) is 6.07 Å². The fourth-order valence-corrected chi connectivity index (χ4v) is 7.16. The van der Waals surface area contributed by atoms with Crippen molar-refractivity contribution in [2.45, 2.75) is 30.6 Å². The molecule has 8 nitrogen and oxygen atoms in total. The van der Waals surface area contributed by atoms with Gasteiger partial charge in [0.05, 0.1) is 47.6 Å². The lowest BCUT2D eigenvalue weighted by Gasteiger charge is -2.31. The van der Waals surface area contributed by atoms with Gasteiger partial charge >= 0.3 is 0 Å². The highest BCUT2D eigenvalue weighted by molar-refractivity contribution is 7.89. The Morgan fingerprint density at radius 2 is 1.64 bits per heavy atom. The highest BCUT2D eigenvalue weighted by Gasteiger charge is 2.28. The molecule has 2 saturated heterocycles. The summed E-state index contributed by atoms with van der Waals surface area (Å²) in [6, 6.07) is 7.03. The summed E-state index contributed by atoms with van der Waals surface area (Å²) in [6.07, 6.45) is 4.37. The van der Waals surface area contributed by atoms with E-state index in [-0.39, 0.29) is 10.8 Å². The van der Waals surface area contributed by atoms with Crippen LogP contribution in [0.1, 0.15) is 33.0 Å². The van der Waals surface area contributed by atoms with Gasteiger partial charge in [0, 0.05) is 31.1 Å². The highest BCUT2D eigenvalue weighted by Crippen LogP contribution is 2.34. The van der Waals surface area contributed by atoms with Crippen molar-refractivity contribution >= 4 is 38.6 Å². The van der Waals surface area contributed by atoms with Crippen molar-refractivity contribution in [3.05, 3.63) is 39.6 Å². The van der Waals surface area contributed by atoms with Crippen LogP contribution in [0, 0.1) is 0 Å². The number of amides is 1. The van der Waals surface area contributed by atoms with Gasteiger partial charge in [-0.1, -0.05) is 0 Å². The summed E-state index contributed by atoms with van der Waals surface area (Å²) < 4.78 is 38.7. The first-order chi connectivity index (χ1) is 16.0. The fourth-order valence-electron chi connectivity index (χ4n) is 4.58. The number of ether oxygens (including phenoxy) is 2. The lowest BCUT2D eigenvalue weighted by molar-refractivity contribution is 0.0730. The Hall–Kier alpha value is -1.98. The third kappa shape index (κ3) is 4.81. The largest absolute Gasteiger partial charge is 0.379 e. The number of carbonyl (C=O) groups excluding carboxylic acids is 1. The lowest BCUT2D eigenvalue weighted by atomic mass is 9.99. The molecule has 3 heterocycles. The van der Waals surface area contributed by atoms with Crippen LogP contribution < -0.4 is 10.2 Å². The van der Waals surface area contributed by atoms with E-state index in [0.717, 1.165) is 31.4 Å². The molecule has 3 aliphatic rings. The maximum absolute atomic E-state index is 13.2. The van der Waals surface area contributed by atoms with Crippen molar-refractivity contribution in [3.8, 4) is 0 Å². The molecule has 0 bridgehead atoms. The molecular formula is C23H29N3O5S2. The zero-order valence-electron chi connectivity index (χ0n) is 18.5. The van der Waals surface area contributed by atoms with Crippen LogP contribution in [0.3, 0.4) is 0 Å². The number of thiophene rings is 1. The molecule has 1 aromatic heterocycles. The molecule has 1 amide bonds. The summed E-state index contributed by atoms with van der Waals surface area (Å²) in [4.78, 5) is 17.5. The summed E-state index contributed by atoms with van der Waals surface area (Å²) >= 11 is 1.55. The second-order valence-electron chi connectivity index (χ2n) is 8.52. The number of hydrogen-bond acceptors (Lipinski definition) is 7. The van der Waals surface area contributed by atoms with Crippen molar-refractivity contribution in [1.29, 1.82) is 0 Å². The van der Waals surface area contributed by atoms with Crippen LogP contribution >= 0.6 is 11.3 Å². The average molecular weight is 492 g/mol. The number of nitrogens with one attached hydrogen (secondary N) is 1. The van der Waals surface area contributed by atoms with E-state index in [0.29, 0.717) is 63.2 Å². The molecule has 1 aliphatic carbocycles. The molecule has 33 heavy (non-hydrogen) atoms. The SMILES string of the molecule is O=C(Nc1cc(S(=O)(=O)N2CCOCC2)ccc1N1CCOCC1)c1cc2c(s1)CCCC2. The summed E-state index contributed by atoms with van der Waals surface area (Å²) in [5, 5.41) is 3.03. The molecule has 2 aliphatic heterocycles. The first-order valence-corrected chi connectivity index (χ1v) is 13.8. The number of benzene rings is 1. The predicted molar refractivity (Wildman–Crippen MR) is 128 cm³/mol. The normalized spacial score (nSPS) is 19.8. The van der Waals surface area contributed by atoms with E-state index in [1.54, 1.807) is 29.5 Å². The van der Waals surface area contributed by atoms with E-state index >= 15 is 0 Å². The van der Waals surface area contributed by atoms with Crippen molar-refractivity contribution in [2.75, 3.05) is 62.8 Å². The van der Waals surface area contributed by atoms with Crippen LogP contribution in [0.15, 0.2) is 29.2 Å². The van der Waals surface area contributed by atoms with Gasteiger partial charge < -0.3 is 19.7 Å². The maximum Gasteiger partial charge on any atom is 0.265 e. The molecule has 0 saturated carbocycles. The fraction of sp³-hybridized carbons (Fsp3) is 0.522. The third-order valence-electron chi connectivity index (χ3n) is 6.40. The van der Waals surface area contributed by atoms with Gasteiger partial charge in [0.1, 0.15) is 0 Å². The average Bonchev–Trinajstić information content (AvgIpc) is 3.30. The Bertz CT molecular complexity index is 1100. The zero-order chi connectivity index (χ0) is 22.8. The van der Waals surface area contributed by atoms with Gasteiger partial charge in [-0.25, -0.2) is 8.42 Å². The molecular weight excluding hydrogens is 462 g/mol. The van der Waals surface area contributed by atoms with Gasteiger partial charge in [0.15, 0.2) is 0 Å². The summed E-state index contributed by atoms with van der Waals surface area (Å²) in [6.45, 7) is 4.00.